The molecule has 0 aliphatic heterocycles. The molecule has 0 saturated carbocycles. The van der Waals surface area contributed by atoms with Crippen LogP contribution in [-0.4, -0.2) is 38.4 Å². The van der Waals surface area contributed by atoms with Crippen molar-refractivity contribution in [3.05, 3.63) is 57.0 Å². The highest BCUT2D eigenvalue weighted by Gasteiger charge is 2.15. The average molecular weight is 408 g/mol. The summed E-state index contributed by atoms with van der Waals surface area (Å²) < 4.78 is 9.62. The summed E-state index contributed by atoms with van der Waals surface area (Å²) in [6.45, 7) is 3.63. The quantitative estimate of drug-likeness (QED) is 0.443. The van der Waals surface area contributed by atoms with Gasteiger partial charge < -0.3 is 27.0 Å². The lowest BCUT2D eigenvalue weighted by molar-refractivity contribution is -0.686. The van der Waals surface area contributed by atoms with Crippen molar-refractivity contribution in [3.8, 4) is 5.75 Å². The van der Waals surface area contributed by atoms with Gasteiger partial charge in [-0.25, -0.2) is 9.78 Å². The fraction of sp³-hybridized carbons (Fsp3) is 0.421. The molecule has 2 aromatic heterocycles. The SMILES string of the molecule is COc1cccc(CC(C)[NH2+]CCn2cnc3c2c(=O)n(C)c(=O)n3C)c1.[Cl-]. The Hall–Kier alpha value is -2.58. The van der Waals surface area contributed by atoms with E-state index in [9.17, 15) is 9.59 Å². The highest BCUT2D eigenvalue weighted by atomic mass is 35.5. The smallest absolute Gasteiger partial charge is 0.332 e. The molecule has 0 aliphatic carbocycles. The van der Waals surface area contributed by atoms with Crippen LogP contribution < -0.4 is 33.7 Å². The third-order valence-electron chi connectivity index (χ3n) is 4.85. The van der Waals surface area contributed by atoms with Gasteiger partial charge in [-0.05, 0) is 24.6 Å². The molecule has 0 bridgehead atoms. The second-order valence-electron chi connectivity index (χ2n) is 6.87. The summed E-state index contributed by atoms with van der Waals surface area (Å²) in [5.41, 5.74) is 1.45. The monoisotopic (exact) mass is 407 g/mol. The van der Waals surface area contributed by atoms with E-state index in [0.29, 0.717) is 23.8 Å². The van der Waals surface area contributed by atoms with E-state index >= 15 is 0 Å². The first-order valence-corrected chi connectivity index (χ1v) is 8.99. The molecule has 0 radical (unpaired) electrons. The lowest BCUT2D eigenvalue weighted by atomic mass is 10.1. The lowest BCUT2D eigenvalue weighted by Gasteiger charge is -2.12. The van der Waals surface area contributed by atoms with Gasteiger partial charge in [0.05, 0.1) is 32.6 Å². The van der Waals surface area contributed by atoms with Crippen molar-refractivity contribution in [1.82, 2.24) is 18.7 Å². The Kier molecular flexibility index (Phi) is 7.04. The number of fused-ring (bicyclic) bond motifs is 1. The summed E-state index contributed by atoms with van der Waals surface area (Å²) >= 11 is 0. The molecule has 1 aromatic carbocycles. The van der Waals surface area contributed by atoms with Crippen molar-refractivity contribution in [1.29, 1.82) is 0 Å². The molecule has 8 nitrogen and oxygen atoms in total. The van der Waals surface area contributed by atoms with Crippen molar-refractivity contribution in [2.75, 3.05) is 13.7 Å². The van der Waals surface area contributed by atoms with E-state index in [1.165, 1.54) is 17.2 Å². The minimum absolute atomic E-state index is 0. The molecule has 0 saturated heterocycles. The van der Waals surface area contributed by atoms with Crippen molar-refractivity contribution in [2.24, 2.45) is 14.1 Å². The van der Waals surface area contributed by atoms with Gasteiger partial charge in [0.15, 0.2) is 11.2 Å². The molecule has 152 valence electrons. The van der Waals surface area contributed by atoms with Crippen LogP contribution in [0.4, 0.5) is 0 Å². The molecule has 0 spiro atoms. The summed E-state index contributed by atoms with van der Waals surface area (Å²) in [4.78, 5) is 28.7. The maximum absolute atomic E-state index is 12.4. The number of quaternary nitrogens is 1. The predicted octanol–water partition coefficient (Wildman–Crippen LogP) is -3.36. The van der Waals surface area contributed by atoms with Crippen molar-refractivity contribution >= 4 is 11.2 Å². The van der Waals surface area contributed by atoms with Crippen LogP contribution in [0.15, 0.2) is 40.2 Å². The largest absolute Gasteiger partial charge is 1.00 e. The van der Waals surface area contributed by atoms with Gasteiger partial charge in [-0.1, -0.05) is 12.1 Å². The molecule has 3 rings (SSSR count). The molecule has 3 aromatic rings. The lowest BCUT2D eigenvalue weighted by Crippen LogP contribution is -3.00. The molecule has 1 unspecified atom stereocenters. The number of ether oxygens (including phenoxy) is 1. The summed E-state index contributed by atoms with van der Waals surface area (Å²) in [7, 11) is 4.79. The summed E-state index contributed by atoms with van der Waals surface area (Å²) in [6, 6.07) is 8.48. The van der Waals surface area contributed by atoms with E-state index in [-0.39, 0.29) is 23.7 Å². The van der Waals surface area contributed by atoms with Crippen LogP contribution in [0.25, 0.3) is 11.2 Å². The van der Waals surface area contributed by atoms with Crippen LogP contribution in [-0.2, 0) is 27.1 Å². The average Bonchev–Trinajstić information content (AvgIpc) is 3.09. The Balaban J connectivity index is 0.00000280. The molecule has 9 heteroatoms. The van der Waals surface area contributed by atoms with Gasteiger partial charge in [-0.3, -0.25) is 13.9 Å². The van der Waals surface area contributed by atoms with Crippen LogP contribution in [0, 0.1) is 0 Å². The highest BCUT2D eigenvalue weighted by molar-refractivity contribution is 5.69. The first-order valence-electron chi connectivity index (χ1n) is 8.99. The maximum Gasteiger partial charge on any atom is 0.332 e. The van der Waals surface area contributed by atoms with Gasteiger partial charge in [0.1, 0.15) is 5.75 Å². The number of nitrogens with two attached hydrogens (primary N) is 1. The molecule has 28 heavy (non-hydrogen) atoms. The zero-order chi connectivity index (χ0) is 19.6. The van der Waals surface area contributed by atoms with Crippen LogP contribution in [0.2, 0.25) is 0 Å². The molecule has 1 atom stereocenters. The molecule has 0 aliphatic rings. The zero-order valence-corrected chi connectivity index (χ0v) is 17.3. The Morgan fingerprint density at radius 1 is 1.21 bits per heavy atom. The van der Waals surface area contributed by atoms with E-state index in [4.69, 9.17) is 4.74 Å². The number of methoxy groups -OCH3 is 1. The Morgan fingerprint density at radius 3 is 2.68 bits per heavy atom. The second kappa shape index (κ2) is 9.07. The molecular formula is C19H26ClN5O3. The summed E-state index contributed by atoms with van der Waals surface area (Å²) in [6.07, 6.45) is 2.56. The number of halogens is 1. The fourth-order valence-corrected chi connectivity index (χ4v) is 3.32. The Labute approximate surface area is 169 Å². The van der Waals surface area contributed by atoms with Crippen LogP contribution >= 0.6 is 0 Å². The maximum atomic E-state index is 12.4. The zero-order valence-electron chi connectivity index (χ0n) is 16.6. The van der Waals surface area contributed by atoms with E-state index < -0.39 is 0 Å². The van der Waals surface area contributed by atoms with Gasteiger partial charge in [0.2, 0.25) is 0 Å². The number of benzene rings is 1. The van der Waals surface area contributed by atoms with Gasteiger partial charge in [-0.2, -0.15) is 0 Å². The second-order valence-corrected chi connectivity index (χ2v) is 6.87. The van der Waals surface area contributed by atoms with E-state index in [1.54, 1.807) is 20.5 Å². The van der Waals surface area contributed by atoms with Gasteiger partial charge in [-0.15, -0.1) is 0 Å². The van der Waals surface area contributed by atoms with Crippen molar-refractivity contribution < 1.29 is 22.5 Å². The van der Waals surface area contributed by atoms with Crippen molar-refractivity contribution in [2.45, 2.75) is 25.9 Å². The molecule has 2 N–H and O–H groups in total. The standard InChI is InChI=1S/C19H25N5O3.ClH/c1-13(10-14-6-5-7-15(11-14)27-4)20-8-9-24-12-21-17-16(24)18(25)23(3)19(26)22(17)2;/h5-7,11-13,20H,8-10H2,1-4H3;1H. The summed E-state index contributed by atoms with van der Waals surface area (Å²) in [5.74, 6) is 0.867. The highest BCUT2D eigenvalue weighted by Crippen LogP contribution is 2.13. The van der Waals surface area contributed by atoms with Crippen LogP contribution in [0.3, 0.4) is 0 Å². The van der Waals surface area contributed by atoms with Gasteiger partial charge in [0.25, 0.3) is 5.56 Å². The first kappa shape index (κ1) is 21.7. The third kappa shape index (κ3) is 4.28. The topological polar surface area (TPSA) is 87.7 Å². The number of nitrogens with zero attached hydrogens (tertiary/aromatic N) is 4. The number of hydrogen-bond donors (Lipinski definition) is 1. The van der Waals surface area contributed by atoms with Crippen LogP contribution in [0.5, 0.6) is 5.75 Å². The normalized spacial score (nSPS) is 12.0. The number of rotatable bonds is 7. The summed E-state index contributed by atoms with van der Waals surface area (Å²) in [5, 5.41) is 2.25. The Bertz CT molecular complexity index is 1070. The van der Waals surface area contributed by atoms with E-state index in [2.05, 4.69) is 29.4 Å². The van der Waals surface area contributed by atoms with Crippen molar-refractivity contribution in [3.63, 3.8) is 0 Å². The van der Waals surface area contributed by atoms with Gasteiger partial charge >= 0.3 is 5.69 Å². The number of hydrogen-bond acceptors (Lipinski definition) is 4. The predicted molar refractivity (Wildman–Crippen MR) is 103 cm³/mol. The van der Waals surface area contributed by atoms with E-state index in [1.807, 2.05) is 16.7 Å². The fourth-order valence-electron chi connectivity index (χ4n) is 3.32. The molecule has 2 heterocycles. The minimum Gasteiger partial charge on any atom is -1.00 e. The first-order chi connectivity index (χ1) is 12.9. The van der Waals surface area contributed by atoms with Gasteiger partial charge in [0, 0.05) is 20.5 Å². The molecule has 0 fully saturated rings. The number of aryl methyl sites for hydroxylation is 1. The molecular weight excluding hydrogens is 382 g/mol. The van der Waals surface area contributed by atoms with E-state index in [0.717, 1.165) is 23.3 Å². The Morgan fingerprint density at radius 2 is 1.96 bits per heavy atom. The number of imidazole rings is 1. The van der Waals surface area contributed by atoms with Crippen LogP contribution in [0.1, 0.15) is 12.5 Å². The minimum atomic E-state index is -0.365. The number of aromatic nitrogens is 4. The third-order valence-corrected chi connectivity index (χ3v) is 4.85. The molecule has 0 amide bonds.